The Morgan fingerprint density at radius 3 is 1.05 bits per heavy atom. The summed E-state index contributed by atoms with van der Waals surface area (Å²) < 4.78 is 7.33. The summed E-state index contributed by atoms with van der Waals surface area (Å²) >= 11 is 5.47. The molecule has 0 heterocycles. The van der Waals surface area contributed by atoms with Crippen LogP contribution in [-0.4, -0.2) is 33.5 Å². The van der Waals surface area contributed by atoms with Gasteiger partial charge in [-0.1, -0.05) is 0 Å². The Morgan fingerprint density at radius 1 is 0.737 bits per heavy atom. The predicted molar refractivity (Wildman–Crippen MR) is 78.1 cm³/mol. The second-order valence-corrected chi connectivity index (χ2v) is 9.09. The molecule has 0 aliphatic heterocycles. The number of nitrogens with zero attached hydrogens (tertiary/aromatic N) is 2. The second kappa shape index (κ2) is 6.52. The second-order valence-electron chi connectivity index (χ2n) is 6.01. The standard InChI is InChI=1S/C12H28ClN2O3P/c1-9(2)14(10(3)4)19(16,17,18-13)15(11(5)6)12(7)8/h9-12H,1-8H3/q-2. The van der Waals surface area contributed by atoms with E-state index >= 15 is 0 Å². The monoisotopic (exact) mass is 314 g/mol. The van der Waals surface area contributed by atoms with Gasteiger partial charge in [0.05, 0.1) is 0 Å². The van der Waals surface area contributed by atoms with Crippen molar-refractivity contribution in [2.24, 2.45) is 0 Å². The van der Waals surface area contributed by atoms with E-state index in [0.29, 0.717) is 0 Å². The van der Waals surface area contributed by atoms with Gasteiger partial charge >= 0.3 is 122 Å². The van der Waals surface area contributed by atoms with Crippen LogP contribution in [0.3, 0.4) is 0 Å². The van der Waals surface area contributed by atoms with Gasteiger partial charge in [-0.05, 0) is 0 Å². The van der Waals surface area contributed by atoms with Crippen molar-refractivity contribution in [2.75, 3.05) is 0 Å². The molecule has 7 heteroatoms. The predicted octanol–water partition coefficient (Wildman–Crippen LogP) is 2.24. The van der Waals surface area contributed by atoms with Gasteiger partial charge in [0.2, 0.25) is 0 Å². The first-order valence-electron chi connectivity index (χ1n) is 6.75. The maximum absolute atomic E-state index is 13.3. The first-order chi connectivity index (χ1) is 8.39. The van der Waals surface area contributed by atoms with Crippen LogP contribution in [0.2, 0.25) is 0 Å². The molecule has 19 heavy (non-hydrogen) atoms. The van der Waals surface area contributed by atoms with E-state index in [1.165, 1.54) is 9.34 Å². The molecule has 0 amide bonds. The molecule has 0 rings (SSSR count). The van der Waals surface area contributed by atoms with Gasteiger partial charge in [0.1, 0.15) is 0 Å². The molecule has 0 spiro atoms. The van der Waals surface area contributed by atoms with Gasteiger partial charge in [0.25, 0.3) is 0 Å². The average molecular weight is 315 g/mol. The van der Waals surface area contributed by atoms with E-state index in [9.17, 15) is 9.79 Å². The topological polar surface area (TPSA) is 61.8 Å². The Balaban J connectivity index is 5.98. The first-order valence-corrected chi connectivity index (χ1v) is 8.96. The quantitative estimate of drug-likeness (QED) is 0.674. The van der Waals surface area contributed by atoms with Crippen molar-refractivity contribution in [2.45, 2.75) is 79.6 Å². The third-order valence-corrected chi connectivity index (χ3v) is 7.34. The Labute approximate surface area is 122 Å². The maximum atomic E-state index is 13.3. The van der Waals surface area contributed by atoms with Crippen molar-refractivity contribution in [1.82, 2.24) is 9.34 Å². The molecule has 0 aromatic heterocycles. The summed E-state index contributed by atoms with van der Waals surface area (Å²) in [6.07, 6.45) is 0. The fourth-order valence-corrected chi connectivity index (χ4v) is 6.83. The van der Waals surface area contributed by atoms with Gasteiger partial charge in [-0.15, -0.1) is 0 Å². The fourth-order valence-electron chi connectivity index (χ4n) is 2.93. The van der Waals surface area contributed by atoms with E-state index in [4.69, 9.17) is 11.9 Å². The van der Waals surface area contributed by atoms with Gasteiger partial charge in [0.15, 0.2) is 0 Å². The molecule has 0 atom stereocenters. The van der Waals surface area contributed by atoms with Gasteiger partial charge in [-0.25, -0.2) is 0 Å². The molecule has 0 unspecified atom stereocenters. The van der Waals surface area contributed by atoms with Crippen LogP contribution in [0, 0.1) is 0 Å². The Hall–Kier alpha value is 0.520. The van der Waals surface area contributed by atoms with Gasteiger partial charge < -0.3 is 0 Å². The molecule has 0 aliphatic rings. The summed E-state index contributed by atoms with van der Waals surface area (Å²) in [4.78, 5) is 26.6. The van der Waals surface area contributed by atoms with Crippen LogP contribution in [0.4, 0.5) is 0 Å². The normalized spacial score (nSPS) is 16.2. The number of halogens is 1. The summed E-state index contributed by atoms with van der Waals surface area (Å²) in [6, 6.07) is -0.976. The molecule has 0 aliphatic carbocycles. The molecule has 0 saturated heterocycles. The Morgan fingerprint density at radius 2 is 0.947 bits per heavy atom. The Kier molecular flexibility index (Phi) is 6.70. The average Bonchev–Trinajstić information content (AvgIpc) is 2.13. The fraction of sp³-hybridized carbons (Fsp3) is 1.00. The molecule has 118 valence electrons. The van der Waals surface area contributed by atoms with Crippen LogP contribution >= 0.6 is 19.5 Å². The van der Waals surface area contributed by atoms with E-state index in [1.54, 1.807) is 0 Å². The molecule has 0 aromatic carbocycles. The third kappa shape index (κ3) is 3.79. The zero-order valence-electron chi connectivity index (χ0n) is 13.3. The molecule has 0 N–H and O–H groups in total. The van der Waals surface area contributed by atoms with Crippen LogP contribution in [0.5, 0.6) is 0 Å². The molecular formula is C12H28ClN2O3P-2. The van der Waals surface area contributed by atoms with Crippen LogP contribution in [0.25, 0.3) is 0 Å². The van der Waals surface area contributed by atoms with Gasteiger partial charge in [-0.3, -0.25) is 0 Å². The van der Waals surface area contributed by atoms with E-state index in [-0.39, 0.29) is 24.2 Å². The number of rotatable bonds is 7. The van der Waals surface area contributed by atoms with Crippen molar-refractivity contribution in [1.29, 1.82) is 0 Å². The number of hydrogen-bond acceptors (Lipinski definition) is 5. The summed E-state index contributed by atoms with van der Waals surface area (Å²) in [5.41, 5.74) is 0. The van der Waals surface area contributed by atoms with Crippen molar-refractivity contribution in [3.05, 3.63) is 0 Å². The van der Waals surface area contributed by atoms with E-state index in [1.807, 2.05) is 55.4 Å². The van der Waals surface area contributed by atoms with Gasteiger partial charge in [0, 0.05) is 0 Å². The first kappa shape index (κ1) is 19.5. The minimum absolute atomic E-state index is 0.244. The SMILES string of the molecule is CC(C)N(C(C)C)P([O-])([O-])(OCl)N(C(C)C)C(C)C. The Bertz CT molecular complexity index is 259. The molecule has 0 bridgehead atoms. The molecule has 5 nitrogen and oxygen atoms in total. The van der Waals surface area contributed by atoms with Crippen molar-refractivity contribution < 1.29 is 13.9 Å². The van der Waals surface area contributed by atoms with Crippen LogP contribution in [-0.2, 0) is 4.08 Å². The third-order valence-electron chi connectivity index (χ3n) is 3.01. The van der Waals surface area contributed by atoms with Crippen LogP contribution in [0.1, 0.15) is 55.4 Å². The molecule has 0 saturated carbocycles. The number of hydrogen-bond donors (Lipinski definition) is 0. The van der Waals surface area contributed by atoms with E-state index in [0.717, 1.165) is 0 Å². The van der Waals surface area contributed by atoms with Crippen LogP contribution < -0.4 is 9.79 Å². The van der Waals surface area contributed by atoms with E-state index in [2.05, 4.69) is 4.08 Å². The van der Waals surface area contributed by atoms with Crippen molar-refractivity contribution >= 4 is 19.5 Å². The molecule has 0 fully saturated rings. The molecule has 0 aromatic rings. The summed E-state index contributed by atoms with van der Waals surface area (Å²) in [6.45, 7) is 14.5. The van der Waals surface area contributed by atoms with Crippen molar-refractivity contribution in [3.8, 4) is 0 Å². The van der Waals surface area contributed by atoms with Crippen LogP contribution in [0.15, 0.2) is 0 Å². The molecular weight excluding hydrogens is 287 g/mol. The summed E-state index contributed by atoms with van der Waals surface area (Å²) in [5.74, 6) is 0. The summed E-state index contributed by atoms with van der Waals surface area (Å²) in [5, 5.41) is 0. The molecule has 0 radical (unpaired) electrons. The zero-order chi connectivity index (χ0) is 15.6. The zero-order valence-corrected chi connectivity index (χ0v) is 14.9. The minimum atomic E-state index is -5.29. The van der Waals surface area contributed by atoms with E-state index < -0.39 is 7.59 Å². The van der Waals surface area contributed by atoms with Gasteiger partial charge in [-0.2, -0.15) is 0 Å². The summed E-state index contributed by atoms with van der Waals surface area (Å²) in [7, 11) is -5.29. The van der Waals surface area contributed by atoms with Crippen molar-refractivity contribution in [3.63, 3.8) is 0 Å².